The Morgan fingerprint density at radius 3 is 1.94 bits per heavy atom. The van der Waals surface area contributed by atoms with Gasteiger partial charge in [0, 0.05) is 38.5 Å². The third-order valence-electron chi connectivity index (χ3n) is 11.4. The lowest BCUT2D eigenvalue weighted by molar-refractivity contribution is 0.722. The molecule has 1 unspecified atom stereocenters. The van der Waals surface area contributed by atoms with Crippen molar-refractivity contribution >= 4 is 60.4 Å². The maximum atomic E-state index is 3.92. The third-order valence-corrected chi connectivity index (χ3v) is 11.4. The molecule has 256 valence electrons. The molecule has 0 saturated carbocycles. The van der Waals surface area contributed by atoms with Crippen LogP contribution in [0.15, 0.2) is 188 Å². The molecule has 7 aromatic carbocycles. The molecule has 1 N–H and O–H groups in total. The summed E-state index contributed by atoms with van der Waals surface area (Å²) >= 11 is 0. The number of aromatic nitrogens is 2. The minimum atomic E-state index is -0.0823. The van der Waals surface area contributed by atoms with Crippen LogP contribution >= 0.6 is 0 Å². The Kier molecular flexibility index (Phi) is 7.06. The second-order valence-electron chi connectivity index (χ2n) is 14.5. The molecule has 0 spiro atoms. The van der Waals surface area contributed by atoms with Crippen LogP contribution in [0.2, 0.25) is 0 Å². The van der Waals surface area contributed by atoms with E-state index in [9.17, 15) is 0 Å². The van der Waals surface area contributed by atoms with Gasteiger partial charge in [0.15, 0.2) is 0 Å². The first kappa shape index (κ1) is 30.8. The van der Waals surface area contributed by atoms with Gasteiger partial charge in [-0.05, 0) is 113 Å². The van der Waals surface area contributed by atoms with Crippen LogP contribution in [0.5, 0.6) is 0 Å². The Balaban J connectivity index is 1.06. The highest BCUT2D eigenvalue weighted by molar-refractivity contribution is 6.12. The van der Waals surface area contributed by atoms with Gasteiger partial charge in [-0.2, -0.15) is 0 Å². The normalized spacial score (nSPS) is 15.4. The minimum absolute atomic E-state index is 0.0823. The number of para-hydroxylation sites is 4. The summed E-state index contributed by atoms with van der Waals surface area (Å²) in [6, 6.07) is 60.0. The predicted octanol–water partition coefficient (Wildman–Crippen LogP) is 13.3. The molecule has 11 rings (SSSR count). The molecule has 1 aliphatic heterocycles. The first-order valence-corrected chi connectivity index (χ1v) is 19.0. The molecule has 0 amide bonds. The number of allylic oxidation sites excluding steroid dienone is 4. The number of fused-ring (bicyclic) bond motifs is 7. The largest absolute Gasteiger partial charge is 0.361 e. The molecule has 2 aliphatic rings. The average molecular weight is 692 g/mol. The fraction of sp³-hybridized carbons (Fsp3) is 0.0588. The van der Waals surface area contributed by atoms with Gasteiger partial charge in [-0.1, -0.05) is 121 Å². The zero-order valence-electron chi connectivity index (χ0n) is 29.8. The van der Waals surface area contributed by atoms with Crippen LogP contribution in [-0.2, 0) is 0 Å². The molecular formula is C51H37N3. The van der Waals surface area contributed by atoms with Gasteiger partial charge in [-0.3, -0.25) is 0 Å². The molecule has 3 nitrogen and oxygen atoms in total. The van der Waals surface area contributed by atoms with Crippen molar-refractivity contribution in [2.45, 2.75) is 19.0 Å². The molecule has 0 fully saturated rings. The van der Waals surface area contributed by atoms with E-state index in [1.807, 2.05) is 0 Å². The van der Waals surface area contributed by atoms with Crippen molar-refractivity contribution in [1.29, 1.82) is 0 Å². The van der Waals surface area contributed by atoms with E-state index in [2.05, 4.69) is 203 Å². The van der Waals surface area contributed by atoms with Crippen molar-refractivity contribution in [3.05, 3.63) is 205 Å². The average Bonchev–Trinajstić information content (AvgIpc) is 3.76. The summed E-state index contributed by atoms with van der Waals surface area (Å²) in [5.74, 6) is 0. The van der Waals surface area contributed by atoms with Crippen LogP contribution in [0, 0.1) is 0 Å². The number of rotatable bonds is 5. The van der Waals surface area contributed by atoms with Crippen LogP contribution in [0.4, 0.5) is 5.69 Å². The highest BCUT2D eigenvalue weighted by Gasteiger charge is 2.25. The maximum Gasteiger partial charge on any atom is 0.124 e. The van der Waals surface area contributed by atoms with Gasteiger partial charge in [0.2, 0.25) is 0 Å². The van der Waals surface area contributed by atoms with Crippen LogP contribution in [-0.4, -0.2) is 9.13 Å². The molecule has 0 bridgehead atoms. The second kappa shape index (κ2) is 12.4. The number of nitrogens with zero attached hydrogens (tertiary/aromatic N) is 2. The van der Waals surface area contributed by atoms with E-state index in [0.29, 0.717) is 0 Å². The summed E-state index contributed by atoms with van der Waals surface area (Å²) in [6.07, 6.45) is 11.5. The summed E-state index contributed by atoms with van der Waals surface area (Å²) in [6.45, 7) is 0. The molecule has 1 atom stereocenters. The molecule has 9 aromatic rings. The Morgan fingerprint density at radius 1 is 0.481 bits per heavy atom. The number of nitrogens with one attached hydrogen (secondary N) is 1. The fourth-order valence-corrected chi connectivity index (χ4v) is 8.87. The zero-order chi connectivity index (χ0) is 35.6. The van der Waals surface area contributed by atoms with E-state index >= 15 is 0 Å². The van der Waals surface area contributed by atoms with Gasteiger partial charge in [0.05, 0.1) is 22.1 Å². The SMILES string of the molecule is C1=CC(c2cccc(C3=CC(n4c5ccccc5c5cc(-c6ccc7c(c6)c6ccccc6n7-c6ccccc6)ccc54)Nc4ccccc43)c2)=CCC1. The maximum absolute atomic E-state index is 3.92. The second-order valence-corrected chi connectivity index (χ2v) is 14.5. The molecule has 0 saturated heterocycles. The lowest BCUT2D eigenvalue weighted by atomic mass is 9.90. The van der Waals surface area contributed by atoms with Gasteiger partial charge < -0.3 is 14.5 Å². The van der Waals surface area contributed by atoms with Crippen LogP contribution in [0.25, 0.3) is 71.6 Å². The smallest absolute Gasteiger partial charge is 0.124 e. The molecule has 3 heterocycles. The summed E-state index contributed by atoms with van der Waals surface area (Å²) in [5, 5.41) is 8.95. The molecule has 0 radical (unpaired) electrons. The standard InChI is InChI=1S/C51H37N3/c1-3-14-34(15-4-1)35-16-13-17-38(30-35)43-33-51(52-46-23-10-7-20-40(43)46)54-48-25-12-9-22-42(48)45-32-37(27-29-50(45)54)36-26-28-49-44(31-36)41-21-8-11-24-47(41)53(49)39-18-5-2-6-19-39/h2-3,5-33,51-52H,1,4H2. The lowest BCUT2D eigenvalue weighted by Crippen LogP contribution is -2.20. The predicted molar refractivity (Wildman–Crippen MR) is 228 cm³/mol. The summed E-state index contributed by atoms with van der Waals surface area (Å²) in [4.78, 5) is 0. The summed E-state index contributed by atoms with van der Waals surface area (Å²) in [5.41, 5.74) is 15.9. The van der Waals surface area contributed by atoms with Crippen molar-refractivity contribution in [1.82, 2.24) is 9.13 Å². The van der Waals surface area contributed by atoms with Gasteiger partial charge in [-0.25, -0.2) is 0 Å². The number of hydrogen-bond acceptors (Lipinski definition) is 1. The van der Waals surface area contributed by atoms with E-state index in [1.54, 1.807) is 0 Å². The molecular weight excluding hydrogens is 655 g/mol. The minimum Gasteiger partial charge on any atom is -0.361 e. The highest BCUT2D eigenvalue weighted by atomic mass is 15.2. The van der Waals surface area contributed by atoms with Crippen LogP contribution < -0.4 is 5.32 Å². The van der Waals surface area contributed by atoms with Crippen molar-refractivity contribution in [2.24, 2.45) is 0 Å². The topological polar surface area (TPSA) is 21.9 Å². The van der Waals surface area contributed by atoms with Crippen molar-refractivity contribution in [3.8, 4) is 16.8 Å². The Bertz CT molecular complexity index is 3020. The number of anilines is 1. The lowest BCUT2D eigenvalue weighted by Gasteiger charge is -2.29. The number of benzene rings is 7. The number of hydrogen-bond donors (Lipinski definition) is 1. The first-order chi connectivity index (χ1) is 26.8. The summed E-state index contributed by atoms with van der Waals surface area (Å²) in [7, 11) is 0. The quantitative estimate of drug-likeness (QED) is 0.191. The molecule has 2 aromatic heterocycles. The van der Waals surface area contributed by atoms with E-state index in [-0.39, 0.29) is 6.17 Å². The van der Waals surface area contributed by atoms with E-state index < -0.39 is 0 Å². The van der Waals surface area contributed by atoms with E-state index in [1.165, 1.54) is 88.3 Å². The molecule has 1 aliphatic carbocycles. The monoisotopic (exact) mass is 691 g/mol. The fourth-order valence-electron chi connectivity index (χ4n) is 8.87. The first-order valence-electron chi connectivity index (χ1n) is 19.0. The third kappa shape index (κ3) is 4.89. The van der Waals surface area contributed by atoms with Gasteiger partial charge in [0.1, 0.15) is 6.17 Å². The molecule has 54 heavy (non-hydrogen) atoms. The Labute approximate surface area is 314 Å². The Hall–Kier alpha value is -6.84. The van der Waals surface area contributed by atoms with Gasteiger partial charge >= 0.3 is 0 Å². The van der Waals surface area contributed by atoms with Crippen LogP contribution in [0.3, 0.4) is 0 Å². The van der Waals surface area contributed by atoms with Crippen molar-refractivity contribution in [2.75, 3.05) is 5.32 Å². The van der Waals surface area contributed by atoms with Gasteiger partial charge in [-0.15, -0.1) is 0 Å². The van der Waals surface area contributed by atoms with Crippen molar-refractivity contribution < 1.29 is 0 Å². The van der Waals surface area contributed by atoms with Gasteiger partial charge in [0.25, 0.3) is 0 Å². The summed E-state index contributed by atoms with van der Waals surface area (Å²) < 4.78 is 4.86. The molecule has 3 heteroatoms. The zero-order valence-corrected chi connectivity index (χ0v) is 29.8. The van der Waals surface area contributed by atoms with E-state index in [4.69, 9.17) is 0 Å². The Morgan fingerprint density at radius 2 is 1.13 bits per heavy atom. The van der Waals surface area contributed by atoms with Crippen molar-refractivity contribution in [3.63, 3.8) is 0 Å². The highest BCUT2D eigenvalue weighted by Crippen LogP contribution is 2.42. The van der Waals surface area contributed by atoms with Crippen LogP contribution in [0.1, 0.15) is 35.7 Å². The van der Waals surface area contributed by atoms with E-state index in [0.717, 1.165) is 18.5 Å².